The van der Waals surface area contributed by atoms with Crippen LogP contribution in [0.15, 0.2) is 41.9 Å². The molecule has 5 atom stereocenters. The molecule has 1 fully saturated rings. The number of carbonyl (C=O) groups excluding carboxylic acids is 2. The van der Waals surface area contributed by atoms with E-state index in [2.05, 4.69) is 15.3 Å². The summed E-state index contributed by atoms with van der Waals surface area (Å²) in [6.07, 6.45) is 5.24. The average Bonchev–Trinajstić information content (AvgIpc) is 3.27. The minimum atomic E-state index is -1.77. The number of benzene rings is 1. The van der Waals surface area contributed by atoms with Crippen LogP contribution in [0, 0.1) is 17.3 Å². The van der Waals surface area contributed by atoms with Crippen molar-refractivity contribution in [2.24, 2.45) is 22.2 Å². The maximum atomic E-state index is 15.2. The summed E-state index contributed by atoms with van der Waals surface area (Å²) in [5.41, 5.74) is -1.36. The third-order valence-electron chi connectivity index (χ3n) is 8.51. The summed E-state index contributed by atoms with van der Waals surface area (Å²) in [6, 6.07) is 5.96. The zero-order valence-electron chi connectivity index (χ0n) is 24.9. The number of alkyl carbamates (subject to hydrolysis) is 1. The molecule has 1 saturated carbocycles. The number of carbonyl (C=O) groups is 2. The number of aliphatic hydroxyl groups excluding tert-OH is 1. The molecule has 41 heavy (non-hydrogen) atoms. The largest absolute Gasteiger partial charge is 0.444 e. The van der Waals surface area contributed by atoms with E-state index in [9.17, 15) is 14.7 Å². The molecule has 2 unspecified atom stereocenters. The fourth-order valence-electron chi connectivity index (χ4n) is 7.12. The first-order valence-corrected chi connectivity index (χ1v) is 14.2. The number of aliphatic imine (C=N–C) groups is 1. The van der Waals surface area contributed by atoms with Crippen molar-refractivity contribution in [3.8, 4) is 11.1 Å². The molecule has 1 aromatic carbocycles. The number of amides is 2. The quantitative estimate of drug-likeness (QED) is 0.553. The summed E-state index contributed by atoms with van der Waals surface area (Å²) in [6.45, 7) is 11.7. The Morgan fingerprint density at radius 3 is 2.34 bits per heavy atom. The summed E-state index contributed by atoms with van der Waals surface area (Å²) in [5.74, 6) is -0.597. The summed E-state index contributed by atoms with van der Waals surface area (Å²) >= 11 is 0. The van der Waals surface area contributed by atoms with Gasteiger partial charge in [-0.15, -0.1) is 0 Å². The molecule has 10 heteroatoms. The Kier molecular flexibility index (Phi) is 7.00. The average molecular weight is 566 g/mol. The van der Waals surface area contributed by atoms with E-state index >= 15 is 4.39 Å². The van der Waals surface area contributed by atoms with Crippen molar-refractivity contribution in [1.82, 2.24) is 20.2 Å². The van der Waals surface area contributed by atoms with Gasteiger partial charge >= 0.3 is 6.09 Å². The number of aliphatic hydroxyl groups is 1. The minimum Gasteiger partial charge on any atom is -0.444 e. The third-order valence-corrected chi connectivity index (χ3v) is 8.51. The number of nitrogens with zero attached hydrogens (tertiary/aromatic N) is 4. The van der Waals surface area contributed by atoms with Gasteiger partial charge in [0.05, 0.1) is 12.6 Å². The predicted octanol–water partition coefficient (Wildman–Crippen LogP) is 4.78. The molecule has 0 radical (unpaired) electrons. The lowest BCUT2D eigenvalue weighted by Crippen LogP contribution is -2.56. The van der Waals surface area contributed by atoms with Crippen LogP contribution in [0.3, 0.4) is 0 Å². The molecule has 2 spiro atoms. The van der Waals surface area contributed by atoms with Gasteiger partial charge in [-0.3, -0.25) is 15.0 Å². The number of halogens is 1. The van der Waals surface area contributed by atoms with Gasteiger partial charge in [-0.25, -0.2) is 24.1 Å². The Balaban J connectivity index is 1.71. The molecule has 1 aliphatic heterocycles. The van der Waals surface area contributed by atoms with Crippen LogP contribution >= 0.6 is 0 Å². The van der Waals surface area contributed by atoms with Gasteiger partial charge in [0.25, 0.3) is 5.91 Å². The zero-order chi connectivity index (χ0) is 30.0. The second-order valence-electron chi connectivity index (χ2n) is 13.7. The minimum absolute atomic E-state index is 0.0259. The number of hydrogen-bond donors (Lipinski definition) is 2. The summed E-state index contributed by atoms with van der Waals surface area (Å²) in [5, 5.41) is 13.6. The lowest BCUT2D eigenvalue weighted by molar-refractivity contribution is -0.142. The fraction of sp³-hybridized carbons (Fsp3) is 0.581. The van der Waals surface area contributed by atoms with E-state index in [4.69, 9.17) is 9.73 Å². The Labute approximate surface area is 240 Å². The fourth-order valence-corrected chi connectivity index (χ4v) is 7.12. The van der Waals surface area contributed by atoms with Gasteiger partial charge in [-0.1, -0.05) is 26.0 Å². The van der Waals surface area contributed by atoms with E-state index in [0.29, 0.717) is 19.3 Å². The molecule has 2 amide bonds. The highest BCUT2D eigenvalue weighted by atomic mass is 19.1. The third kappa shape index (κ3) is 5.11. The maximum Gasteiger partial charge on any atom is 0.414 e. The van der Waals surface area contributed by atoms with Crippen LogP contribution in [0.2, 0.25) is 0 Å². The Hall–Kier alpha value is -3.40. The first kappa shape index (κ1) is 29.1. The lowest BCUT2D eigenvalue weighted by atomic mass is 9.56. The van der Waals surface area contributed by atoms with Gasteiger partial charge in [0.15, 0.2) is 5.54 Å². The van der Waals surface area contributed by atoms with Gasteiger partial charge in [-0.2, -0.15) is 0 Å². The molecule has 220 valence electrons. The number of alkyl halides is 1. The number of ether oxygens (including phenoxy) is 1. The predicted molar refractivity (Wildman–Crippen MR) is 153 cm³/mol. The van der Waals surface area contributed by atoms with E-state index in [1.807, 2.05) is 32.0 Å². The molecule has 2 aromatic rings. The molecule has 2 N–H and O–H groups in total. The van der Waals surface area contributed by atoms with Crippen molar-refractivity contribution in [3.05, 3.63) is 48.0 Å². The number of fused-ring (bicyclic) bond motifs is 3. The number of guanidine groups is 1. The first-order valence-electron chi connectivity index (χ1n) is 14.2. The summed E-state index contributed by atoms with van der Waals surface area (Å²) in [4.78, 5) is 42.4. The first-order chi connectivity index (χ1) is 19.1. The molecular weight excluding hydrogens is 525 g/mol. The van der Waals surface area contributed by atoms with Gasteiger partial charge in [-0.05, 0) is 88.5 Å². The highest BCUT2D eigenvalue weighted by Gasteiger charge is 2.68. The SMILES string of the molecule is C[C@@H]1CC2(Cc3ccc(-c4cncnc4)cc3[C@]23N=C(NC(=O)OC(C)(C)C)N(CC(C)(C)F)C3=O)C[C@H](C)C1O. The molecule has 2 aliphatic carbocycles. The van der Waals surface area contributed by atoms with Crippen molar-refractivity contribution in [2.45, 2.75) is 90.6 Å². The van der Waals surface area contributed by atoms with Crippen molar-refractivity contribution < 1.29 is 23.8 Å². The van der Waals surface area contributed by atoms with Crippen LogP contribution in [0.1, 0.15) is 72.4 Å². The van der Waals surface area contributed by atoms with Crippen molar-refractivity contribution in [1.29, 1.82) is 0 Å². The smallest absolute Gasteiger partial charge is 0.414 e. The summed E-state index contributed by atoms with van der Waals surface area (Å²) < 4.78 is 20.7. The molecule has 9 nitrogen and oxygen atoms in total. The normalized spacial score (nSPS) is 29.6. The van der Waals surface area contributed by atoms with E-state index in [-0.39, 0.29) is 30.2 Å². The summed E-state index contributed by atoms with van der Waals surface area (Å²) in [7, 11) is 0. The van der Waals surface area contributed by atoms with Crippen LogP contribution in [0.5, 0.6) is 0 Å². The molecule has 3 aliphatic rings. The van der Waals surface area contributed by atoms with Gasteiger partial charge < -0.3 is 9.84 Å². The molecule has 0 saturated heterocycles. The van der Waals surface area contributed by atoms with Gasteiger partial charge in [0.1, 0.15) is 17.6 Å². The Morgan fingerprint density at radius 2 is 1.76 bits per heavy atom. The zero-order valence-corrected chi connectivity index (χ0v) is 24.9. The van der Waals surface area contributed by atoms with Crippen molar-refractivity contribution in [2.75, 3.05) is 6.54 Å². The highest BCUT2D eigenvalue weighted by Crippen LogP contribution is 2.63. The number of aromatic nitrogens is 2. The maximum absolute atomic E-state index is 15.2. The second kappa shape index (κ2) is 9.86. The van der Waals surface area contributed by atoms with E-state index in [1.165, 1.54) is 25.1 Å². The molecule has 1 aromatic heterocycles. The monoisotopic (exact) mass is 565 g/mol. The Bertz CT molecular complexity index is 1370. The Morgan fingerprint density at radius 1 is 1.12 bits per heavy atom. The van der Waals surface area contributed by atoms with Crippen LogP contribution in [0.4, 0.5) is 9.18 Å². The van der Waals surface area contributed by atoms with Crippen LogP contribution < -0.4 is 5.32 Å². The topological polar surface area (TPSA) is 117 Å². The molecule has 0 bridgehead atoms. The number of hydrogen-bond acceptors (Lipinski definition) is 7. The van der Waals surface area contributed by atoms with Crippen LogP contribution in [0.25, 0.3) is 11.1 Å². The lowest BCUT2D eigenvalue weighted by Gasteiger charge is -2.49. The van der Waals surface area contributed by atoms with Crippen LogP contribution in [-0.4, -0.2) is 61.9 Å². The van der Waals surface area contributed by atoms with Gasteiger partial charge in [0, 0.05) is 23.4 Å². The van der Waals surface area contributed by atoms with Crippen molar-refractivity contribution in [3.63, 3.8) is 0 Å². The van der Waals surface area contributed by atoms with E-state index < -0.39 is 34.4 Å². The van der Waals surface area contributed by atoms with Crippen LogP contribution in [-0.2, 0) is 21.5 Å². The molecule has 2 heterocycles. The van der Waals surface area contributed by atoms with Gasteiger partial charge in [0.2, 0.25) is 5.96 Å². The van der Waals surface area contributed by atoms with Crippen molar-refractivity contribution >= 4 is 18.0 Å². The standard InChI is InChI=1S/C31H40FN5O4/c1-18-11-30(12-19(2)24(18)38)13-21-9-8-20(22-14-33-17-34-15-22)10-23(21)31(30)25(39)37(16-29(6,7)32)26(36-31)35-27(40)41-28(3,4)5/h8-10,14-15,17-19,24,38H,11-13,16H2,1-7H3,(H,35,36,40)/t18-,19+,24?,30?,31-/m1/s1. The van der Waals surface area contributed by atoms with E-state index in [1.54, 1.807) is 33.2 Å². The number of rotatable bonds is 3. The number of nitrogens with one attached hydrogen (secondary N) is 1. The second-order valence-corrected chi connectivity index (χ2v) is 13.7. The molecular formula is C31H40FN5O4. The van der Waals surface area contributed by atoms with E-state index in [0.717, 1.165) is 22.3 Å². The molecule has 5 rings (SSSR count). The highest BCUT2D eigenvalue weighted by molar-refractivity contribution is 6.12.